The minimum absolute atomic E-state index is 0.109. The maximum absolute atomic E-state index is 13.2. The van der Waals surface area contributed by atoms with E-state index in [1.54, 1.807) is 0 Å². The SMILES string of the molecule is CCCCCCCCCCCCCCCCCCCCCCC(=O)O[C@H](COC(=O)CCCCCCCCCCCCCCCCCCC)COP(=O)(O)OC[C@@H](O)COP(=O)(O)OC[C@@H](COC(=O)CCCCCCCCCCCC(C)C)OC(=O)CCCCCCCCCCCCCCCCCCC. The molecule has 0 spiro atoms. The quantitative estimate of drug-likeness (QED) is 0.0222. The molecule has 0 aliphatic heterocycles. The molecule has 0 aliphatic rings. The summed E-state index contributed by atoms with van der Waals surface area (Å²) in [4.78, 5) is 73.3. The van der Waals surface area contributed by atoms with Crippen molar-refractivity contribution in [1.29, 1.82) is 0 Å². The van der Waals surface area contributed by atoms with E-state index >= 15 is 0 Å². The van der Waals surface area contributed by atoms with Gasteiger partial charge in [0.2, 0.25) is 0 Å². The third-order valence-electron chi connectivity index (χ3n) is 20.5. The molecule has 0 aliphatic carbocycles. The third-order valence-corrected chi connectivity index (χ3v) is 22.4. The van der Waals surface area contributed by atoms with Crippen molar-refractivity contribution in [3.63, 3.8) is 0 Å². The van der Waals surface area contributed by atoms with Gasteiger partial charge < -0.3 is 33.8 Å². The maximum atomic E-state index is 13.2. The molecule has 2 unspecified atom stereocenters. The Balaban J connectivity index is 5.25. The second-order valence-corrected chi connectivity index (χ2v) is 34.7. The smallest absolute Gasteiger partial charge is 0.462 e. The molecule has 3 N–H and O–H groups in total. The standard InChI is InChI=1S/C87H170O17P2/c1-6-9-12-15-18-21-24-27-30-33-34-35-38-41-44-47-52-58-63-68-73-86(91)103-82(76-97-84(89)70-65-60-55-50-45-42-39-36-31-28-25-22-19-16-13-10-7-2)78-101-105(93,94)99-74-81(88)75-100-106(95,96)102-79-83(77-98-85(90)71-66-61-56-53-48-49-54-59-64-69-80(4)5)104-87(92)72-67-62-57-51-46-43-40-37-32-29-26-23-20-17-14-11-8-3/h80-83,88H,6-79H2,1-5H3,(H,93,94)(H,95,96)/t81-,82-,83-/m1/s1. The topological polar surface area (TPSA) is 237 Å². The van der Waals surface area contributed by atoms with Crippen LogP contribution in [-0.4, -0.2) is 96.7 Å². The van der Waals surface area contributed by atoms with Crippen LogP contribution in [0, 0.1) is 5.92 Å². The second-order valence-electron chi connectivity index (χ2n) is 31.8. The molecule has 0 radical (unpaired) electrons. The lowest BCUT2D eigenvalue weighted by Crippen LogP contribution is -2.30. The summed E-state index contributed by atoms with van der Waals surface area (Å²) in [6.07, 6.45) is 73.6. The number of carbonyl (C=O) groups excluding carboxylic acids is 4. The van der Waals surface area contributed by atoms with Crippen LogP contribution in [0.25, 0.3) is 0 Å². The van der Waals surface area contributed by atoms with E-state index in [2.05, 4.69) is 34.6 Å². The van der Waals surface area contributed by atoms with E-state index in [0.29, 0.717) is 25.7 Å². The number of esters is 4. The van der Waals surface area contributed by atoms with Crippen molar-refractivity contribution in [2.75, 3.05) is 39.6 Å². The van der Waals surface area contributed by atoms with Gasteiger partial charge in [-0.25, -0.2) is 9.13 Å². The van der Waals surface area contributed by atoms with Gasteiger partial charge in [0.15, 0.2) is 12.2 Å². The van der Waals surface area contributed by atoms with Gasteiger partial charge >= 0.3 is 39.5 Å². The number of hydrogen-bond donors (Lipinski definition) is 3. The number of hydrogen-bond acceptors (Lipinski definition) is 15. The fourth-order valence-electron chi connectivity index (χ4n) is 13.6. The fraction of sp³-hybridized carbons (Fsp3) is 0.954. The van der Waals surface area contributed by atoms with E-state index in [1.165, 1.54) is 295 Å². The highest BCUT2D eigenvalue weighted by atomic mass is 31.2. The van der Waals surface area contributed by atoms with Crippen LogP contribution in [0.4, 0.5) is 0 Å². The van der Waals surface area contributed by atoms with Crippen LogP contribution in [0.3, 0.4) is 0 Å². The van der Waals surface area contributed by atoms with Crippen LogP contribution in [0.1, 0.15) is 471 Å². The number of carbonyl (C=O) groups is 4. The lowest BCUT2D eigenvalue weighted by atomic mass is 10.0. The van der Waals surface area contributed by atoms with E-state index in [4.69, 9.17) is 37.0 Å². The Morgan fingerprint density at radius 3 is 0.642 bits per heavy atom. The monoisotopic (exact) mass is 1550 g/mol. The lowest BCUT2D eigenvalue weighted by molar-refractivity contribution is -0.161. The third kappa shape index (κ3) is 80.1. The zero-order chi connectivity index (χ0) is 77.6. The Morgan fingerprint density at radius 2 is 0.434 bits per heavy atom. The van der Waals surface area contributed by atoms with Gasteiger partial charge in [-0.2, -0.15) is 0 Å². The van der Waals surface area contributed by atoms with Crippen molar-refractivity contribution in [2.24, 2.45) is 5.92 Å². The Bertz CT molecular complexity index is 2010. The molecule has 0 saturated heterocycles. The highest BCUT2D eigenvalue weighted by Gasteiger charge is 2.30. The second kappa shape index (κ2) is 79.7. The van der Waals surface area contributed by atoms with Gasteiger partial charge in [0, 0.05) is 25.7 Å². The maximum Gasteiger partial charge on any atom is 0.472 e. The van der Waals surface area contributed by atoms with Gasteiger partial charge in [-0.1, -0.05) is 420 Å². The molecule has 17 nitrogen and oxygen atoms in total. The van der Waals surface area contributed by atoms with E-state index in [-0.39, 0.29) is 25.7 Å². The summed E-state index contributed by atoms with van der Waals surface area (Å²) in [5, 5.41) is 10.7. The first-order valence-corrected chi connectivity index (χ1v) is 48.1. The molecule has 106 heavy (non-hydrogen) atoms. The molecule has 5 atom stereocenters. The molecular formula is C87H170O17P2. The Hall–Kier alpha value is -1.94. The van der Waals surface area contributed by atoms with Gasteiger partial charge in [0.05, 0.1) is 26.4 Å². The molecule has 630 valence electrons. The number of aliphatic hydroxyl groups is 1. The summed E-state index contributed by atoms with van der Waals surface area (Å²) in [7, 11) is -9.93. The molecule has 0 aromatic rings. The van der Waals surface area contributed by atoms with E-state index < -0.39 is 97.5 Å². The highest BCUT2D eigenvalue weighted by Crippen LogP contribution is 2.45. The molecule has 0 saturated carbocycles. The predicted molar refractivity (Wildman–Crippen MR) is 437 cm³/mol. The van der Waals surface area contributed by atoms with Crippen LogP contribution >= 0.6 is 15.6 Å². The zero-order valence-corrected chi connectivity index (χ0v) is 71.4. The van der Waals surface area contributed by atoms with Crippen LogP contribution in [0.15, 0.2) is 0 Å². The van der Waals surface area contributed by atoms with Crippen molar-refractivity contribution in [1.82, 2.24) is 0 Å². The first-order valence-electron chi connectivity index (χ1n) is 45.1. The van der Waals surface area contributed by atoms with Crippen LogP contribution in [-0.2, 0) is 65.4 Å². The minimum atomic E-state index is -4.97. The Kier molecular flexibility index (Phi) is 78.2. The number of rotatable bonds is 87. The summed E-state index contributed by atoms with van der Waals surface area (Å²) in [6, 6.07) is 0. The minimum Gasteiger partial charge on any atom is -0.462 e. The van der Waals surface area contributed by atoms with E-state index in [9.17, 15) is 43.2 Å². The van der Waals surface area contributed by atoms with Gasteiger partial charge in [0.1, 0.15) is 19.3 Å². The highest BCUT2D eigenvalue weighted by molar-refractivity contribution is 7.47. The predicted octanol–water partition coefficient (Wildman–Crippen LogP) is 26.8. The van der Waals surface area contributed by atoms with Crippen molar-refractivity contribution < 1.29 is 80.2 Å². The molecule has 0 fully saturated rings. The molecule has 0 heterocycles. The summed E-state index contributed by atoms with van der Waals surface area (Å²) in [5.41, 5.74) is 0. The van der Waals surface area contributed by atoms with Crippen LogP contribution < -0.4 is 0 Å². The first kappa shape index (κ1) is 104. The van der Waals surface area contributed by atoms with Gasteiger partial charge in [-0.3, -0.25) is 37.3 Å². The van der Waals surface area contributed by atoms with Crippen molar-refractivity contribution in [3.8, 4) is 0 Å². The molecular weight excluding hydrogens is 1380 g/mol. The average molecular weight is 1550 g/mol. The van der Waals surface area contributed by atoms with Gasteiger partial charge in [-0.05, 0) is 31.6 Å². The number of phosphoric ester groups is 2. The summed E-state index contributed by atoms with van der Waals surface area (Å²) < 4.78 is 69.0. The van der Waals surface area contributed by atoms with Crippen LogP contribution in [0.2, 0.25) is 0 Å². The fourth-order valence-corrected chi connectivity index (χ4v) is 15.2. The molecule has 0 aromatic heterocycles. The molecule has 0 aromatic carbocycles. The molecule has 0 amide bonds. The average Bonchev–Trinajstić information content (AvgIpc) is 0.906. The number of phosphoric acid groups is 2. The Labute approximate surface area is 651 Å². The van der Waals surface area contributed by atoms with Gasteiger partial charge in [-0.15, -0.1) is 0 Å². The summed E-state index contributed by atoms with van der Waals surface area (Å²) in [6.45, 7) is 7.36. The normalized spacial score (nSPS) is 13.7. The Morgan fingerprint density at radius 1 is 0.255 bits per heavy atom. The largest absolute Gasteiger partial charge is 0.472 e. The van der Waals surface area contributed by atoms with Crippen molar-refractivity contribution in [2.45, 2.75) is 490 Å². The molecule has 0 bridgehead atoms. The summed E-state index contributed by atoms with van der Waals surface area (Å²) in [5.74, 6) is -1.35. The number of ether oxygens (including phenoxy) is 4. The number of unbranched alkanes of at least 4 members (excludes halogenated alkanes) is 59. The first-order chi connectivity index (χ1) is 51.5. The van der Waals surface area contributed by atoms with Gasteiger partial charge in [0.25, 0.3) is 0 Å². The lowest BCUT2D eigenvalue weighted by Gasteiger charge is -2.21. The van der Waals surface area contributed by atoms with E-state index in [1.807, 2.05) is 0 Å². The molecule has 19 heteroatoms. The molecule has 0 rings (SSSR count). The number of aliphatic hydroxyl groups excluding tert-OH is 1. The zero-order valence-electron chi connectivity index (χ0n) is 69.6. The van der Waals surface area contributed by atoms with E-state index in [0.717, 1.165) is 95.8 Å². The summed E-state index contributed by atoms with van der Waals surface area (Å²) >= 11 is 0. The van der Waals surface area contributed by atoms with Crippen molar-refractivity contribution >= 4 is 39.5 Å². The van der Waals surface area contributed by atoms with Crippen molar-refractivity contribution in [3.05, 3.63) is 0 Å². The van der Waals surface area contributed by atoms with Crippen LogP contribution in [0.5, 0.6) is 0 Å².